The van der Waals surface area contributed by atoms with Crippen LogP contribution in [-0.2, 0) is 11.3 Å². The predicted molar refractivity (Wildman–Crippen MR) is 80.7 cm³/mol. The SMILES string of the molecule is COc1ccc(Cn2cc(Cl)c(C)n2)cc1C=CC(=O)O. The first-order valence-electron chi connectivity index (χ1n) is 6.27. The van der Waals surface area contributed by atoms with Crippen LogP contribution in [0.15, 0.2) is 30.5 Å². The Morgan fingerprint density at radius 3 is 2.86 bits per heavy atom. The zero-order valence-electron chi connectivity index (χ0n) is 11.7. The van der Waals surface area contributed by atoms with Crippen molar-refractivity contribution in [2.24, 2.45) is 0 Å². The molecule has 2 aromatic rings. The number of rotatable bonds is 5. The molecule has 0 amide bonds. The van der Waals surface area contributed by atoms with Gasteiger partial charge in [0.15, 0.2) is 0 Å². The van der Waals surface area contributed by atoms with E-state index in [0.29, 0.717) is 22.9 Å². The highest BCUT2D eigenvalue weighted by Gasteiger charge is 2.06. The van der Waals surface area contributed by atoms with Crippen molar-refractivity contribution in [3.05, 3.63) is 52.3 Å². The van der Waals surface area contributed by atoms with E-state index in [4.69, 9.17) is 21.4 Å². The molecule has 0 aliphatic heterocycles. The third-order valence-corrected chi connectivity index (χ3v) is 3.30. The van der Waals surface area contributed by atoms with Crippen LogP contribution in [0.4, 0.5) is 0 Å². The van der Waals surface area contributed by atoms with Gasteiger partial charge >= 0.3 is 5.97 Å². The van der Waals surface area contributed by atoms with Crippen molar-refractivity contribution >= 4 is 23.6 Å². The summed E-state index contributed by atoms with van der Waals surface area (Å²) < 4.78 is 6.96. The summed E-state index contributed by atoms with van der Waals surface area (Å²) >= 11 is 5.98. The number of aromatic nitrogens is 2. The third-order valence-electron chi connectivity index (χ3n) is 2.93. The van der Waals surface area contributed by atoms with Crippen LogP contribution in [0.3, 0.4) is 0 Å². The molecule has 0 saturated carbocycles. The second-order valence-corrected chi connectivity index (χ2v) is 4.92. The lowest BCUT2D eigenvalue weighted by Crippen LogP contribution is -2.01. The molecule has 0 radical (unpaired) electrons. The van der Waals surface area contributed by atoms with Gasteiger partial charge in [0.1, 0.15) is 5.75 Å². The Hall–Kier alpha value is -2.27. The molecule has 1 aromatic heterocycles. The smallest absolute Gasteiger partial charge is 0.328 e. The molecule has 0 unspecified atom stereocenters. The van der Waals surface area contributed by atoms with E-state index >= 15 is 0 Å². The summed E-state index contributed by atoms with van der Waals surface area (Å²) in [6, 6.07) is 5.57. The summed E-state index contributed by atoms with van der Waals surface area (Å²) in [5, 5.41) is 13.6. The van der Waals surface area contributed by atoms with Gasteiger partial charge in [-0.25, -0.2) is 4.79 Å². The lowest BCUT2D eigenvalue weighted by molar-refractivity contribution is -0.131. The summed E-state index contributed by atoms with van der Waals surface area (Å²) in [6.07, 6.45) is 4.34. The molecule has 2 rings (SSSR count). The lowest BCUT2D eigenvalue weighted by atomic mass is 10.1. The van der Waals surface area contributed by atoms with E-state index in [0.717, 1.165) is 17.3 Å². The number of carboxylic acids is 1. The maximum Gasteiger partial charge on any atom is 0.328 e. The number of carbonyl (C=O) groups is 1. The van der Waals surface area contributed by atoms with Gasteiger partial charge in [0.2, 0.25) is 0 Å². The molecule has 0 spiro atoms. The van der Waals surface area contributed by atoms with Crippen molar-refractivity contribution in [2.75, 3.05) is 7.11 Å². The molecular weight excluding hydrogens is 292 g/mol. The third kappa shape index (κ3) is 3.86. The number of nitrogens with zero attached hydrogens (tertiary/aromatic N) is 2. The van der Waals surface area contributed by atoms with Crippen LogP contribution in [0, 0.1) is 6.92 Å². The first-order valence-corrected chi connectivity index (χ1v) is 6.65. The van der Waals surface area contributed by atoms with E-state index < -0.39 is 5.97 Å². The first kappa shape index (κ1) is 15.1. The molecule has 0 saturated heterocycles. The number of carboxylic acid groups (broad SMARTS) is 1. The lowest BCUT2D eigenvalue weighted by Gasteiger charge is -2.08. The van der Waals surface area contributed by atoms with Crippen molar-refractivity contribution in [2.45, 2.75) is 13.5 Å². The van der Waals surface area contributed by atoms with Crippen LogP contribution in [0.25, 0.3) is 6.08 Å². The van der Waals surface area contributed by atoms with E-state index in [1.165, 1.54) is 6.08 Å². The van der Waals surface area contributed by atoms with Gasteiger partial charge in [-0.3, -0.25) is 4.68 Å². The van der Waals surface area contributed by atoms with Crippen LogP contribution in [-0.4, -0.2) is 28.0 Å². The minimum absolute atomic E-state index is 0.547. The van der Waals surface area contributed by atoms with Gasteiger partial charge in [-0.2, -0.15) is 5.10 Å². The van der Waals surface area contributed by atoms with Crippen molar-refractivity contribution in [1.29, 1.82) is 0 Å². The van der Waals surface area contributed by atoms with Gasteiger partial charge < -0.3 is 9.84 Å². The summed E-state index contributed by atoms with van der Waals surface area (Å²) in [6.45, 7) is 2.39. The van der Waals surface area contributed by atoms with Crippen molar-refractivity contribution < 1.29 is 14.6 Å². The molecule has 0 aliphatic carbocycles. The van der Waals surface area contributed by atoms with Crippen molar-refractivity contribution in [3.63, 3.8) is 0 Å². The van der Waals surface area contributed by atoms with Gasteiger partial charge in [0.05, 0.1) is 24.4 Å². The largest absolute Gasteiger partial charge is 0.496 e. The Balaban J connectivity index is 2.28. The van der Waals surface area contributed by atoms with Gasteiger partial charge in [0.25, 0.3) is 0 Å². The van der Waals surface area contributed by atoms with E-state index in [1.807, 2.05) is 19.1 Å². The molecule has 110 valence electrons. The Labute approximate surface area is 127 Å². The number of aryl methyl sites for hydroxylation is 1. The fourth-order valence-corrected chi connectivity index (χ4v) is 2.09. The van der Waals surface area contributed by atoms with Crippen molar-refractivity contribution in [1.82, 2.24) is 9.78 Å². The number of hydrogen-bond acceptors (Lipinski definition) is 3. The van der Waals surface area contributed by atoms with Gasteiger partial charge in [-0.05, 0) is 30.7 Å². The molecule has 5 nitrogen and oxygen atoms in total. The maximum absolute atomic E-state index is 10.6. The molecule has 1 heterocycles. The molecule has 21 heavy (non-hydrogen) atoms. The normalized spacial score (nSPS) is 11.0. The molecule has 1 aromatic carbocycles. The monoisotopic (exact) mass is 306 g/mol. The fraction of sp³-hybridized carbons (Fsp3) is 0.200. The highest BCUT2D eigenvalue weighted by molar-refractivity contribution is 6.31. The maximum atomic E-state index is 10.6. The topological polar surface area (TPSA) is 64.4 Å². The minimum Gasteiger partial charge on any atom is -0.496 e. The predicted octanol–water partition coefficient (Wildman–Crippen LogP) is 3.00. The van der Waals surface area contributed by atoms with Crippen LogP contribution in [0.5, 0.6) is 5.75 Å². The number of aliphatic carboxylic acids is 1. The zero-order valence-corrected chi connectivity index (χ0v) is 12.5. The van der Waals surface area contributed by atoms with Crippen LogP contribution in [0.1, 0.15) is 16.8 Å². The second kappa shape index (κ2) is 6.45. The van der Waals surface area contributed by atoms with Gasteiger partial charge in [-0.15, -0.1) is 0 Å². The average molecular weight is 307 g/mol. The van der Waals surface area contributed by atoms with E-state index in [1.54, 1.807) is 24.1 Å². The van der Waals surface area contributed by atoms with Crippen molar-refractivity contribution in [3.8, 4) is 5.75 Å². The fourth-order valence-electron chi connectivity index (χ4n) is 1.94. The summed E-state index contributed by atoms with van der Waals surface area (Å²) in [5.74, 6) is -0.386. The average Bonchev–Trinajstić information content (AvgIpc) is 2.75. The number of halogens is 1. The Morgan fingerprint density at radius 2 is 2.29 bits per heavy atom. The van der Waals surface area contributed by atoms with Gasteiger partial charge in [0, 0.05) is 17.8 Å². The Kier molecular flexibility index (Phi) is 4.65. The van der Waals surface area contributed by atoms with E-state index in [9.17, 15) is 4.79 Å². The molecule has 0 aliphatic rings. The van der Waals surface area contributed by atoms with E-state index in [2.05, 4.69) is 5.10 Å². The minimum atomic E-state index is -1.00. The van der Waals surface area contributed by atoms with Crippen LogP contribution in [0.2, 0.25) is 5.02 Å². The van der Waals surface area contributed by atoms with E-state index in [-0.39, 0.29) is 0 Å². The van der Waals surface area contributed by atoms with Crippen LogP contribution < -0.4 is 4.74 Å². The standard InChI is InChI=1S/C15H15ClN2O3/c1-10-13(16)9-18(17-10)8-11-3-5-14(21-2)12(7-11)4-6-15(19)20/h3-7,9H,8H2,1-2H3,(H,19,20). The molecule has 1 N–H and O–H groups in total. The quantitative estimate of drug-likeness (QED) is 0.863. The molecule has 6 heteroatoms. The van der Waals surface area contributed by atoms with Gasteiger partial charge in [-0.1, -0.05) is 17.7 Å². The summed E-state index contributed by atoms with van der Waals surface area (Å²) in [4.78, 5) is 10.6. The Bertz CT molecular complexity index is 673. The number of benzene rings is 1. The summed E-state index contributed by atoms with van der Waals surface area (Å²) in [5.41, 5.74) is 2.45. The highest BCUT2D eigenvalue weighted by Crippen LogP contribution is 2.22. The molecule has 0 bridgehead atoms. The number of ether oxygens (including phenoxy) is 1. The number of hydrogen-bond donors (Lipinski definition) is 1. The highest BCUT2D eigenvalue weighted by atomic mass is 35.5. The van der Waals surface area contributed by atoms with Crippen LogP contribution >= 0.6 is 11.6 Å². The Morgan fingerprint density at radius 1 is 1.52 bits per heavy atom. The summed E-state index contributed by atoms with van der Waals surface area (Å²) in [7, 11) is 1.55. The second-order valence-electron chi connectivity index (χ2n) is 4.51. The first-order chi connectivity index (χ1) is 9.99. The zero-order chi connectivity index (χ0) is 15.4. The number of methoxy groups -OCH3 is 1. The molecule has 0 atom stereocenters. The molecular formula is C15H15ClN2O3. The molecule has 0 fully saturated rings.